The summed E-state index contributed by atoms with van der Waals surface area (Å²) in [7, 11) is 0. The first-order valence-corrected chi connectivity index (χ1v) is 23.9. The predicted molar refractivity (Wildman–Crippen MR) is 281 cm³/mol. The third-order valence-electron chi connectivity index (χ3n) is 13.7. The molecular weight excluding hydrogens is 1020 g/mol. The van der Waals surface area contributed by atoms with Crippen LogP contribution in [0.1, 0.15) is 0 Å². The van der Waals surface area contributed by atoms with Gasteiger partial charge in [0.25, 0.3) is 0 Å². The highest BCUT2D eigenvalue weighted by atomic mass is 19.2. The van der Waals surface area contributed by atoms with Crippen LogP contribution < -0.4 is 9.80 Å². The fraction of sp³-hybridized carbons (Fsp3) is 0. The molecule has 0 atom stereocenters. The van der Waals surface area contributed by atoms with E-state index in [0.29, 0.717) is 44.5 Å². The summed E-state index contributed by atoms with van der Waals surface area (Å²) in [5.74, 6) is -12.3. The van der Waals surface area contributed by atoms with E-state index in [-0.39, 0.29) is 56.4 Å². The van der Waals surface area contributed by atoms with Crippen LogP contribution in [0.15, 0.2) is 194 Å². The van der Waals surface area contributed by atoms with Crippen LogP contribution in [0.4, 0.5) is 86.8 Å². The third kappa shape index (κ3) is 8.55. The summed E-state index contributed by atoms with van der Waals surface area (Å²) in [6.07, 6.45) is 0. The van der Waals surface area contributed by atoms with Crippen LogP contribution in [0.2, 0.25) is 0 Å². The average molecular weight is 1060 g/mol. The zero-order chi connectivity index (χ0) is 54.3. The van der Waals surface area contributed by atoms with Crippen LogP contribution >= 0.6 is 0 Å². The van der Waals surface area contributed by atoms with Crippen molar-refractivity contribution >= 4 is 66.4 Å². The van der Waals surface area contributed by atoms with Crippen molar-refractivity contribution in [3.63, 3.8) is 0 Å². The molecule has 0 aliphatic heterocycles. The van der Waals surface area contributed by atoms with Crippen LogP contribution in [0.5, 0.6) is 0 Å². The molecule has 0 saturated carbocycles. The molecule has 0 aromatic heterocycles. The molecule has 0 unspecified atom stereocenters. The van der Waals surface area contributed by atoms with Gasteiger partial charge in [-0.3, -0.25) is 0 Å². The molecule has 0 spiro atoms. The summed E-state index contributed by atoms with van der Waals surface area (Å²) in [5.41, 5.74) is -3.09. The molecule has 12 rings (SSSR count). The number of nitrogens with zero attached hydrogens (tertiary/aromatic N) is 2. The highest BCUT2D eigenvalue weighted by Gasteiger charge is 2.27. The first-order valence-electron chi connectivity index (χ1n) is 23.9. The smallest absolute Gasteiger partial charge is 0.133 e. The van der Waals surface area contributed by atoms with E-state index < -0.39 is 92.1 Å². The first kappa shape index (κ1) is 49.3. The topological polar surface area (TPSA) is 6.48 Å². The Morgan fingerprint density at radius 1 is 0.231 bits per heavy atom. The molecule has 0 amide bonds. The Morgan fingerprint density at radius 2 is 0.474 bits per heavy atom. The van der Waals surface area contributed by atoms with Crippen molar-refractivity contribution in [1.29, 1.82) is 0 Å². The predicted octanol–water partition coefficient (Wildman–Crippen LogP) is 19.9. The molecule has 382 valence electrons. The van der Waals surface area contributed by atoms with Crippen LogP contribution in [-0.4, -0.2) is 0 Å². The standard InChI is InChI=1S/C64H32F12N2/c65-39-27-40(66)30-45(29-39)77(43-23-35(61-49(69)5-1-6-50(61)70)21-36(24-43)62-51(71)7-2-8-52(62)72)57-19-15-33-14-18-48-58(20-16-34-13-17-47(57)59(33)60(34)48)78(46-31-41(67)28-42(68)32-46)44-25-37(63-53(73)9-3-10-54(63)74)22-38(26-44)64-55(75)11-4-12-56(64)76/h1-32H. The van der Waals surface area contributed by atoms with Gasteiger partial charge in [-0.25, -0.2) is 52.7 Å². The minimum Gasteiger partial charge on any atom is -0.310 e. The first-order chi connectivity index (χ1) is 37.6. The van der Waals surface area contributed by atoms with Crippen LogP contribution in [0.25, 0.3) is 76.8 Å². The maximum absolute atomic E-state index is 15.8. The van der Waals surface area contributed by atoms with Gasteiger partial charge in [-0.05, 0) is 165 Å². The maximum Gasteiger partial charge on any atom is 0.133 e. The molecule has 0 radical (unpaired) electrons. The molecule has 0 fully saturated rings. The van der Waals surface area contributed by atoms with Gasteiger partial charge in [0, 0.05) is 34.3 Å². The quantitative estimate of drug-likeness (QED) is 0.0995. The van der Waals surface area contributed by atoms with Gasteiger partial charge in [0.1, 0.15) is 69.8 Å². The van der Waals surface area contributed by atoms with Gasteiger partial charge >= 0.3 is 0 Å². The van der Waals surface area contributed by atoms with E-state index in [1.54, 1.807) is 48.5 Å². The SMILES string of the molecule is Fc1cc(F)cc(N(c2cc(-c3c(F)cccc3F)cc(-c3c(F)cccc3F)c2)c2ccc3ccc4c(N(c5cc(F)cc(F)c5)c5cc(-c6c(F)cccc6F)cc(-c6c(F)cccc6F)c5)ccc5ccc2c3c54)c1. The highest BCUT2D eigenvalue weighted by Crippen LogP contribution is 2.50. The van der Waals surface area contributed by atoms with Crippen molar-refractivity contribution in [2.24, 2.45) is 0 Å². The van der Waals surface area contributed by atoms with Gasteiger partial charge in [0.2, 0.25) is 0 Å². The fourth-order valence-corrected chi connectivity index (χ4v) is 10.5. The second-order valence-corrected chi connectivity index (χ2v) is 18.4. The van der Waals surface area contributed by atoms with E-state index >= 15 is 52.7 Å². The van der Waals surface area contributed by atoms with E-state index in [4.69, 9.17) is 0 Å². The van der Waals surface area contributed by atoms with E-state index in [9.17, 15) is 0 Å². The Hall–Kier alpha value is -9.56. The monoisotopic (exact) mass is 1060 g/mol. The molecule has 0 saturated heterocycles. The van der Waals surface area contributed by atoms with Gasteiger partial charge < -0.3 is 9.80 Å². The summed E-state index contributed by atoms with van der Waals surface area (Å²) in [6, 6.07) is 38.8. The Bertz CT molecular complexity index is 3870. The van der Waals surface area contributed by atoms with Gasteiger partial charge in [-0.1, -0.05) is 60.7 Å². The van der Waals surface area contributed by atoms with Gasteiger partial charge in [-0.2, -0.15) is 0 Å². The minimum absolute atomic E-state index is 0.0545. The summed E-state index contributed by atoms with van der Waals surface area (Å²) in [5, 5.41) is 2.92. The molecule has 0 bridgehead atoms. The van der Waals surface area contributed by atoms with Crippen LogP contribution in [-0.2, 0) is 0 Å². The van der Waals surface area contributed by atoms with Gasteiger partial charge in [-0.15, -0.1) is 0 Å². The molecule has 12 aromatic rings. The van der Waals surface area contributed by atoms with Crippen molar-refractivity contribution in [3.8, 4) is 44.5 Å². The molecular formula is C64H32F12N2. The Kier molecular flexibility index (Phi) is 12.2. The van der Waals surface area contributed by atoms with E-state index in [1.807, 2.05) is 0 Å². The summed E-state index contributed by atoms with van der Waals surface area (Å²) in [4.78, 5) is 2.73. The fourth-order valence-electron chi connectivity index (χ4n) is 10.5. The van der Waals surface area contributed by atoms with Crippen molar-refractivity contribution in [2.45, 2.75) is 0 Å². The third-order valence-corrected chi connectivity index (χ3v) is 13.7. The molecule has 0 aliphatic carbocycles. The number of hydrogen-bond donors (Lipinski definition) is 0. The van der Waals surface area contributed by atoms with Crippen molar-refractivity contribution in [1.82, 2.24) is 0 Å². The van der Waals surface area contributed by atoms with Gasteiger partial charge in [0.05, 0.1) is 45.0 Å². The number of benzene rings is 12. The number of rotatable bonds is 10. The maximum atomic E-state index is 15.8. The van der Waals surface area contributed by atoms with Gasteiger partial charge in [0.15, 0.2) is 0 Å². The largest absolute Gasteiger partial charge is 0.310 e. The van der Waals surface area contributed by atoms with Crippen molar-refractivity contribution < 1.29 is 52.7 Å². The van der Waals surface area contributed by atoms with E-state index in [2.05, 4.69) is 0 Å². The van der Waals surface area contributed by atoms with Crippen LogP contribution in [0, 0.1) is 69.8 Å². The summed E-state index contributed by atoms with van der Waals surface area (Å²) < 4.78 is 188. The molecule has 0 N–H and O–H groups in total. The van der Waals surface area contributed by atoms with Crippen LogP contribution in [0.3, 0.4) is 0 Å². The molecule has 0 heterocycles. The number of anilines is 6. The van der Waals surface area contributed by atoms with Crippen molar-refractivity contribution in [2.75, 3.05) is 9.80 Å². The lowest BCUT2D eigenvalue weighted by Crippen LogP contribution is -2.13. The lowest BCUT2D eigenvalue weighted by atomic mass is 9.91. The Balaban J connectivity index is 1.15. The zero-order valence-corrected chi connectivity index (χ0v) is 39.9. The second-order valence-electron chi connectivity index (χ2n) is 18.4. The molecule has 12 aromatic carbocycles. The number of hydrogen-bond acceptors (Lipinski definition) is 2. The Morgan fingerprint density at radius 3 is 0.744 bits per heavy atom. The summed E-state index contributed by atoms with van der Waals surface area (Å²) in [6.45, 7) is 0. The average Bonchev–Trinajstić information content (AvgIpc) is 3.38. The lowest BCUT2D eigenvalue weighted by Gasteiger charge is -2.30. The minimum atomic E-state index is -1.02. The number of halogens is 12. The lowest BCUT2D eigenvalue weighted by molar-refractivity contribution is 0.583. The molecule has 2 nitrogen and oxygen atoms in total. The van der Waals surface area contributed by atoms with Crippen molar-refractivity contribution in [3.05, 3.63) is 264 Å². The van der Waals surface area contributed by atoms with E-state index in [0.717, 1.165) is 97.1 Å². The second kappa shape index (κ2) is 19.2. The molecule has 14 heteroatoms. The Labute approximate surface area is 435 Å². The van der Waals surface area contributed by atoms with E-state index in [1.165, 1.54) is 46.2 Å². The molecule has 78 heavy (non-hydrogen) atoms. The zero-order valence-electron chi connectivity index (χ0n) is 39.9. The highest BCUT2D eigenvalue weighted by molar-refractivity contribution is 6.28. The summed E-state index contributed by atoms with van der Waals surface area (Å²) >= 11 is 0. The normalized spacial score (nSPS) is 11.6. The molecule has 0 aliphatic rings.